The monoisotopic (exact) mass is 292 g/mol. The van der Waals surface area contributed by atoms with Gasteiger partial charge in [0.25, 0.3) is 5.69 Å². The van der Waals surface area contributed by atoms with Crippen LogP contribution in [0.2, 0.25) is 0 Å². The minimum Gasteiger partial charge on any atom is -0.378 e. The Morgan fingerprint density at radius 3 is 3.00 bits per heavy atom. The van der Waals surface area contributed by atoms with E-state index in [-0.39, 0.29) is 16.7 Å². The zero-order valence-electron chi connectivity index (χ0n) is 12.6. The van der Waals surface area contributed by atoms with E-state index in [1.807, 2.05) is 6.07 Å². The Bertz CT molecular complexity index is 459. The lowest BCUT2D eigenvalue weighted by Crippen LogP contribution is -2.27. The normalized spacial score (nSPS) is 20.1. The highest BCUT2D eigenvalue weighted by atomic mass is 16.6. The number of benzene rings is 1. The topological polar surface area (TPSA) is 64.4 Å². The van der Waals surface area contributed by atoms with Gasteiger partial charge in [0.1, 0.15) is 0 Å². The summed E-state index contributed by atoms with van der Waals surface area (Å²) >= 11 is 0. The average Bonchev–Trinajstić information content (AvgIpc) is 2.52. The van der Waals surface area contributed by atoms with Gasteiger partial charge in [-0.05, 0) is 44.2 Å². The van der Waals surface area contributed by atoms with Crippen LogP contribution in [0.25, 0.3) is 0 Å². The van der Waals surface area contributed by atoms with Crippen LogP contribution in [0.5, 0.6) is 0 Å². The van der Waals surface area contributed by atoms with Gasteiger partial charge in [-0.15, -0.1) is 0 Å². The molecule has 1 fully saturated rings. The van der Waals surface area contributed by atoms with Gasteiger partial charge in [-0.1, -0.05) is 19.1 Å². The molecule has 1 heterocycles. The van der Waals surface area contributed by atoms with Crippen molar-refractivity contribution >= 4 is 5.69 Å². The predicted molar refractivity (Wildman–Crippen MR) is 82.3 cm³/mol. The van der Waals surface area contributed by atoms with Crippen LogP contribution < -0.4 is 5.32 Å². The van der Waals surface area contributed by atoms with Gasteiger partial charge < -0.3 is 10.1 Å². The van der Waals surface area contributed by atoms with Crippen LogP contribution in [0.3, 0.4) is 0 Å². The van der Waals surface area contributed by atoms with Crippen LogP contribution in [-0.4, -0.2) is 24.2 Å². The molecule has 2 rings (SSSR count). The number of nitro groups is 1. The molecule has 5 nitrogen and oxygen atoms in total. The van der Waals surface area contributed by atoms with Crippen LogP contribution >= 0.6 is 0 Å². The molecule has 1 N–H and O–H groups in total. The zero-order chi connectivity index (χ0) is 15.1. The van der Waals surface area contributed by atoms with Crippen molar-refractivity contribution < 1.29 is 9.66 Å². The van der Waals surface area contributed by atoms with Crippen molar-refractivity contribution in [2.45, 2.75) is 51.2 Å². The Morgan fingerprint density at radius 2 is 2.33 bits per heavy atom. The summed E-state index contributed by atoms with van der Waals surface area (Å²) in [6.45, 7) is 3.85. The van der Waals surface area contributed by atoms with E-state index in [1.54, 1.807) is 12.1 Å². The molecular formula is C16H24N2O3. The van der Waals surface area contributed by atoms with Crippen molar-refractivity contribution in [1.29, 1.82) is 0 Å². The molecule has 2 unspecified atom stereocenters. The van der Waals surface area contributed by atoms with Crippen LogP contribution in [0.4, 0.5) is 5.69 Å². The van der Waals surface area contributed by atoms with E-state index in [0.29, 0.717) is 6.10 Å². The first-order valence-electron chi connectivity index (χ1n) is 7.80. The van der Waals surface area contributed by atoms with Gasteiger partial charge in [0.2, 0.25) is 0 Å². The molecule has 2 atom stereocenters. The van der Waals surface area contributed by atoms with Gasteiger partial charge in [0.05, 0.1) is 11.0 Å². The maximum atomic E-state index is 10.9. The molecule has 1 aromatic rings. The number of hydrogen-bond acceptors (Lipinski definition) is 4. The lowest BCUT2D eigenvalue weighted by atomic mass is 10.0. The first-order chi connectivity index (χ1) is 10.2. The second kappa shape index (κ2) is 8.10. The minimum atomic E-state index is -0.341. The molecule has 116 valence electrons. The van der Waals surface area contributed by atoms with Crippen molar-refractivity contribution in [3.63, 3.8) is 0 Å². The highest BCUT2D eigenvalue weighted by Crippen LogP contribution is 2.22. The number of nitrogens with one attached hydrogen (secondary N) is 1. The molecule has 0 radical (unpaired) electrons. The fourth-order valence-corrected chi connectivity index (χ4v) is 2.81. The maximum absolute atomic E-state index is 10.9. The van der Waals surface area contributed by atoms with Gasteiger partial charge in [0, 0.05) is 24.8 Å². The molecule has 1 aromatic carbocycles. The second-order valence-corrected chi connectivity index (χ2v) is 5.54. The molecule has 0 aliphatic carbocycles. The molecule has 5 heteroatoms. The summed E-state index contributed by atoms with van der Waals surface area (Å²) in [5, 5.41) is 14.3. The highest BCUT2D eigenvalue weighted by Gasteiger charge is 2.16. The van der Waals surface area contributed by atoms with Crippen molar-refractivity contribution in [1.82, 2.24) is 5.32 Å². The Labute approximate surface area is 125 Å². The lowest BCUT2D eigenvalue weighted by Gasteiger charge is -2.24. The van der Waals surface area contributed by atoms with Gasteiger partial charge in [-0.2, -0.15) is 0 Å². The second-order valence-electron chi connectivity index (χ2n) is 5.54. The van der Waals surface area contributed by atoms with Crippen LogP contribution in [0, 0.1) is 10.1 Å². The van der Waals surface area contributed by atoms with E-state index in [2.05, 4.69) is 12.2 Å². The van der Waals surface area contributed by atoms with E-state index >= 15 is 0 Å². The Morgan fingerprint density at radius 1 is 1.48 bits per heavy atom. The van der Waals surface area contributed by atoms with Crippen LogP contribution in [0.15, 0.2) is 24.3 Å². The fraction of sp³-hybridized carbons (Fsp3) is 0.625. The largest absolute Gasteiger partial charge is 0.378 e. The molecular weight excluding hydrogens is 268 g/mol. The van der Waals surface area contributed by atoms with E-state index in [4.69, 9.17) is 4.74 Å². The van der Waals surface area contributed by atoms with Crippen molar-refractivity contribution in [2.75, 3.05) is 13.2 Å². The molecule has 0 saturated carbocycles. The van der Waals surface area contributed by atoms with Crippen molar-refractivity contribution in [3.05, 3.63) is 39.9 Å². The molecule has 1 aliphatic heterocycles. The van der Waals surface area contributed by atoms with Crippen LogP contribution in [-0.2, 0) is 4.74 Å². The lowest BCUT2D eigenvalue weighted by molar-refractivity contribution is -0.384. The van der Waals surface area contributed by atoms with Gasteiger partial charge >= 0.3 is 0 Å². The van der Waals surface area contributed by atoms with Gasteiger partial charge in [0.15, 0.2) is 0 Å². The molecule has 0 amide bonds. The van der Waals surface area contributed by atoms with E-state index in [0.717, 1.165) is 38.0 Å². The molecule has 21 heavy (non-hydrogen) atoms. The van der Waals surface area contributed by atoms with Crippen LogP contribution in [0.1, 0.15) is 50.6 Å². The summed E-state index contributed by atoms with van der Waals surface area (Å²) in [5.41, 5.74) is 1.14. The number of non-ortho nitro benzene ring substituents is 1. The summed E-state index contributed by atoms with van der Waals surface area (Å²) in [4.78, 5) is 10.5. The molecule has 0 spiro atoms. The number of hydrogen-bond donors (Lipinski definition) is 1. The quantitative estimate of drug-likeness (QED) is 0.616. The van der Waals surface area contributed by atoms with E-state index < -0.39 is 0 Å². The third kappa shape index (κ3) is 4.79. The first kappa shape index (κ1) is 15.9. The maximum Gasteiger partial charge on any atom is 0.269 e. The molecule has 0 aromatic heterocycles. The SMILES string of the molecule is CCC(NCCC1CCCCO1)c1cccc([N+](=O)[O-])c1. The number of nitrogens with zero attached hydrogens (tertiary/aromatic N) is 1. The van der Waals surface area contributed by atoms with Crippen molar-refractivity contribution in [3.8, 4) is 0 Å². The average molecular weight is 292 g/mol. The Kier molecular flexibility index (Phi) is 6.14. The standard InChI is InChI=1S/C16H24N2O3/c1-2-16(13-6-5-7-14(12-13)18(19)20)17-10-9-15-8-3-4-11-21-15/h5-7,12,15-17H,2-4,8-11H2,1H3. The summed E-state index contributed by atoms with van der Waals surface area (Å²) in [6, 6.07) is 7.06. The molecule has 0 bridgehead atoms. The number of ether oxygens (including phenoxy) is 1. The van der Waals surface area contributed by atoms with E-state index in [9.17, 15) is 10.1 Å². The summed E-state index contributed by atoms with van der Waals surface area (Å²) in [5.74, 6) is 0. The Hall–Kier alpha value is -1.46. The van der Waals surface area contributed by atoms with Gasteiger partial charge in [-0.3, -0.25) is 10.1 Å². The summed E-state index contributed by atoms with van der Waals surface area (Å²) in [6.07, 6.45) is 5.86. The minimum absolute atomic E-state index is 0.156. The van der Waals surface area contributed by atoms with E-state index in [1.165, 1.54) is 18.9 Å². The summed E-state index contributed by atoms with van der Waals surface area (Å²) < 4.78 is 5.72. The third-order valence-corrected chi connectivity index (χ3v) is 4.02. The first-order valence-corrected chi connectivity index (χ1v) is 7.80. The third-order valence-electron chi connectivity index (χ3n) is 4.02. The highest BCUT2D eigenvalue weighted by molar-refractivity contribution is 5.35. The smallest absolute Gasteiger partial charge is 0.269 e. The fourth-order valence-electron chi connectivity index (χ4n) is 2.81. The predicted octanol–water partition coefficient (Wildman–Crippen LogP) is 3.59. The molecule has 1 aliphatic rings. The Balaban J connectivity index is 1.87. The zero-order valence-corrected chi connectivity index (χ0v) is 12.6. The summed E-state index contributed by atoms with van der Waals surface area (Å²) in [7, 11) is 0. The van der Waals surface area contributed by atoms with Crippen molar-refractivity contribution in [2.24, 2.45) is 0 Å². The van der Waals surface area contributed by atoms with Gasteiger partial charge in [-0.25, -0.2) is 0 Å². The number of rotatable bonds is 7. The molecule has 1 saturated heterocycles. The number of nitro benzene ring substituents is 1.